The molecule has 0 unspecified atom stereocenters. The van der Waals surface area contributed by atoms with E-state index < -0.39 is 42.4 Å². The summed E-state index contributed by atoms with van der Waals surface area (Å²) in [6.07, 6.45) is -7.85. The van der Waals surface area contributed by atoms with Gasteiger partial charge in [-0.15, -0.1) is 0 Å². The Bertz CT molecular complexity index is 469. The molecule has 1 saturated carbocycles. The van der Waals surface area contributed by atoms with Gasteiger partial charge in [0.1, 0.15) is 30.1 Å². The summed E-state index contributed by atoms with van der Waals surface area (Å²) in [7, 11) is 1.39. The Morgan fingerprint density at radius 2 is 2.00 bits per heavy atom. The molecule has 24 heavy (non-hydrogen) atoms. The molecule has 1 spiro atoms. The Labute approximate surface area is 137 Å². The molecule has 0 bridgehead atoms. The fraction of sp³-hybridized carbons (Fsp3) is 1.00. The van der Waals surface area contributed by atoms with E-state index in [0.29, 0.717) is 6.61 Å². The molecule has 0 aromatic rings. The van der Waals surface area contributed by atoms with Crippen molar-refractivity contribution in [2.75, 3.05) is 26.9 Å². The number of hydrogen-bond acceptors (Lipinski definition) is 5. The number of methoxy groups -OCH3 is 1. The third kappa shape index (κ3) is 3.29. The summed E-state index contributed by atoms with van der Waals surface area (Å²) >= 11 is 0. The van der Waals surface area contributed by atoms with Crippen LogP contribution >= 0.6 is 0 Å². The fourth-order valence-electron chi connectivity index (χ4n) is 4.06. The zero-order valence-electron chi connectivity index (χ0n) is 13.5. The van der Waals surface area contributed by atoms with Gasteiger partial charge >= 0.3 is 6.18 Å². The average molecular weight is 358 g/mol. The van der Waals surface area contributed by atoms with Crippen molar-refractivity contribution in [1.29, 1.82) is 0 Å². The van der Waals surface area contributed by atoms with Crippen molar-refractivity contribution in [2.24, 2.45) is 5.92 Å². The van der Waals surface area contributed by atoms with Gasteiger partial charge in [0, 0.05) is 20.1 Å². The van der Waals surface area contributed by atoms with E-state index in [0.717, 1.165) is 0 Å². The van der Waals surface area contributed by atoms with Crippen LogP contribution < -0.4 is 0 Å². The Hall–Kier alpha value is -0.480. The molecule has 0 radical (unpaired) electrons. The van der Waals surface area contributed by atoms with E-state index in [1.54, 1.807) is 6.92 Å². The highest BCUT2D eigenvalue weighted by Crippen LogP contribution is 2.59. The van der Waals surface area contributed by atoms with Crippen molar-refractivity contribution < 1.29 is 41.6 Å². The molecule has 1 aliphatic carbocycles. The average Bonchev–Trinajstić information content (AvgIpc) is 3.37. The van der Waals surface area contributed by atoms with E-state index in [2.05, 4.69) is 4.74 Å². The first-order chi connectivity index (χ1) is 11.1. The number of aliphatic hydroxyl groups is 1. The van der Waals surface area contributed by atoms with Crippen molar-refractivity contribution >= 4 is 0 Å². The monoisotopic (exact) mass is 358 g/mol. The van der Waals surface area contributed by atoms with Crippen LogP contribution in [-0.2, 0) is 18.9 Å². The van der Waals surface area contributed by atoms with Gasteiger partial charge in [0.25, 0.3) is 0 Å². The number of epoxide rings is 2. The summed E-state index contributed by atoms with van der Waals surface area (Å²) in [4.78, 5) is 0. The third-order valence-corrected chi connectivity index (χ3v) is 5.32. The van der Waals surface area contributed by atoms with Gasteiger partial charge in [-0.05, 0) is 13.3 Å². The number of aliphatic hydroxyl groups excluding tert-OH is 1. The van der Waals surface area contributed by atoms with Crippen LogP contribution in [0.25, 0.3) is 0 Å². The van der Waals surface area contributed by atoms with Gasteiger partial charge in [-0.1, -0.05) is 0 Å². The molecule has 2 aliphatic heterocycles. The molecule has 140 valence electrons. The summed E-state index contributed by atoms with van der Waals surface area (Å²) in [5.74, 6) is -0.385. The minimum Gasteiger partial charge on any atom is -0.387 e. The summed E-state index contributed by atoms with van der Waals surface area (Å²) in [6.45, 7) is 0.774. The molecule has 0 amide bonds. The van der Waals surface area contributed by atoms with E-state index in [1.807, 2.05) is 0 Å². The Kier molecular flexibility index (Phi) is 4.62. The summed E-state index contributed by atoms with van der Waals surface area (Å²) < 4.78 is 71.4. The molecule has 0 aromatic heterocycles. The second-order valence-electron chi connectivity index (χ2n) is 6.99. The first-order valence-electron chi connectivity index (χ1n) is 7.94. The summed E-state index contributed by atoms with van der Waals surface area (Å²) in [5.41, 5.74) is -1.46. The standard InChI is InChI=1S/C15H22F4O5/c1-13(9(24-13)3-4-22-7-15(17,18)19)12-11(21-2)10(20)8(16)5-14(12)6-23-14/h8-12,20H,3-7H2,1-2H3/t8-,9+,10+,11+,12+,13+,14-/m0/s1. The smallest absolute Gasteiger partial charge is 0.387 e. The Morgan fingerprint density at radius 3 is 2.54 bits per heavy atom. The molecule has 3 fully saturated rings. The van der Waals surface area contributed by atoms with Crippen LogP contribution in [0.3, 0.4) is 0 Å². The summed E-state index contributed by atoms with van der Waals surface area (Å²) in [5, 5.41) is 10.1. The Balaban J connectivity index is 1.61. The molecule has 9 heteroatoms. The number of hydrogen-bond donors (Lipinski definition) is 1. The van der Waals surface area contributed by atoms with Crippen LogP contribution in [0.4, 0.5) is 17.6 Å². The topological polar surface area (TPSA) is 63.8 Å². The van der Waals surface area contributed by atoms with E-state index in [-0.39, 0.29) is 31.5 Å². The molecule has 2 heterocycles. The van der Waals surface area contributed by atoms with E-state index in [4.69, 9.17) is 14.2 Å². The maximum absolute atomic E-state index is 14.0. The lowest BCUT2D eigenvalue weighted by molar-refractivity contribution is -0.174. The Morgan fingerprint density at radius 1 is 1.33 bits per heavy atom. The van der Waals surface area contributed by atoms with Crippen LogP contribution in [0.15, 0.2) is 0 Å². The fourth-order valence-corrected chi connectivity index (χ4v) is 4.06. The molecule has 2 saturated heterocycles. The quantitative estimate of drug-likeness (QED) is 0.444. The van der Waals surface area contributed by atoms with Gasteiger partial charge in [-0.2, -0.15) is 13.2 Å². The SMILES string of the molecule is CO[C@@H]1[C@H](O)[C@@H](F)C[C@]2(CO2)[C@H]1[C@]1(C)O[C@@H]1CCOCC(F)(F)F. The molecule has 3 rings (SSSR count). The van der Waals surface area contributed by atoms with Gasteiger partial charge in [0.15, 0.2) is 0 Å². The number of rotatable bonds is 6. The van der Waals surface area contributed by atoms with Gasteiger partial charge < -0.3 is 24.1 Å². The third-order valence-electron chi connectivity index (χ3n) is 5.32. The van der Waals surface area contributed by atoms with E-state index >= 15 is 0 Å². The maximum Gasteiger partial charge on any atom is 0.411 e. The second kappa shape index (κ2) is 6.05. The van der Waals surface area contributed by atoms with Crippen LogP contribution in [0, 0.1) is 5.92 Å². The lowest BCUT2D eigenvalue weighted by atomic mass is 9.67. The molecular formula is C15H22F4O5. The lowest BCUT2D eigenvalue weighted by Crippen LogP contribution is -2.58. The molecule has 7 atom stereocenters. The largest absolute Gasteiger partial charge is 0.411 e. The number of alkyl halides is 4. The van der Waals surface area contributed by atoms with E-state index in [9.17, 15) is 22.7 Å². The lowest BCUT2D eigenvalue weighted by Gasteiger charge is -2.42. The van der Waals surface area contributed by atoms with Gasteiger partial charge in [0.2, 0.25) is 0 Å². The minimum atomic E-state index is -4.36. The predicted octanol–water partition coefficient (Wildman–Crippen LogP) is 1.62. The van der Waals surface area contributed by atoms with Crippen LogP contribution in [0.1, 0.15) is 19.8 Å². The van der Waals surface area contributed by atoms with Crippen molar-refractivity contribution in [1.82, 2.24) is 0 Å². The molecule has 5 nitrogen and oxygen atoms in total. The van der Waals surface area contributed by atoms with Crippen LogP contribution in [0.2, 0.25) is 0 Å². The first kappa shape index (κ1) is 18.3. The minimum absolute atomic E-state index is 0.0644. The molecule has 3 aliphatic rings. The highest BCUT2D eigenvalue weighted by Gasteiger charge is 2.73. The van der Waals surface area contributed by atoms with Gasteiger partial charge in [-0.3, -0.25) is 0 Å². The van der Waals surface area contributed by atoms with Crippen molar-refractivity contribution in [3.8, 4) is 0 Å². The normalized spacial score (nSPS) is 47.9. The van der Waals surface area contributed by atoms with Crippen LogP contribution in [0.5, 0.6) is 0 Å². The number of ether oxygens (including phenoxy) is 4. The highest BCUT2D eigenvalue weighted by atomic mass is 19.4. The zero-order chi connectivity index (χ0) is 17.8. The van der Waals surface area contributed by atoms with Gasteiger partial charge in [-0.25, -0.2) is 4.39 Å². The predicted molar refractivity (Wildman–Crippen MR) is 73.3 cm³/mol. The van der Waals surface area contributed by atoms with Crippen molar-refractivity contribution in [2.45, 2.75) is 61.6 Å². The first-order valence-corrected chi connectivity index (χ1v) is 7.94. The van der Waals surface area contributed by atoms with Crippen molar-refractivity contribution in [3.05, 3.63) is 0 Å². The maximum atomic E-state index is 14.0. The molecule has 1 N–H and O–H groups in total. The second-order valence-corrected chi connectivity index (χ2v) is 6.99. The zero-order valence-corrected chi connectivity index (χ0v) is 13.5. The highest BCUT2D eigenvalue weighted by molar-refractivity contribution is 5.20. The van der Waals surface area contributed by atoms with E-state index in [1.165, 1.54) is 7.11 Å². The molecular weight excluding hydrogens is 336 g/mol. The van der Waals surface area contributed by atoms with Crippen molar-refractivity contribution in [3.63, 3.8) is 0 Å². The van der Waals surface area contributed by atoms with Crippen LogP contribution in [-0.4, -0.2) is 73.9 Å². The molecule has 0 aromatic carbocycles. The summed E-state index contributed by atoms with van der Waals surface area (Å²) in [6, 6.07) is 0. The van der Waals surface area contributed by atoms with Gasteiger partial charge in [0.05, 0.1) is 24.7 Å². The number of halogens is 4.